The van der Waals surface area contributed by atoms with Gasteiger partial charge < -0.3 is 20.1 Å². The van der Waals surface area contributed by atoms with Crippen LogP contribution in [-0.4, -0.2) is 31.7 Å². The quantitative estimate of drug-likeness (QED) is 0.877. The second kappa shape index (κ2) is 6.01. The van der Waals surface area contributed by atoms with Crippen LogP contribution in [0.4, 0.5) is 0 Å². The van der Waals surface area contributed by atoms with Crippen LogP contribution in [0.1, 0.15) is 18.4 Å². The monoisotopic (exact) mass is 340 g/mol. The lowest BCUT2D eigenvalue weighted by Crippen LogP contribution is -2.45. The number of carbonyl (C=O) groups is 1. The highest BCUT2D eigenvalue weighted by molar-refractivity contribution is 9.10. The lowest BCUT2D eigenvalue weighted by molar-refractivity contribution is -0.122. The third-order valence-electron chi connectivity index (χ3n) is 3.52. The maximum absolute atomic E-state index is 11.1. The summed E-state index contributed by atoms with van der Waals surface area (Å²) in [6.45, 7) is 2.62. The molecule has 2 aliphatic heterocycles. The minimum Gasteiger partial charge on any atom is -0.486 e. The molecule has 2 N–H and O–H groups in total. The van der Waals surface area contributed by atoms with E-state index in [1.165, 1.54) is 0 Å². The van der Waals surface area contributed by atoms with Crippen molar-refractivity contribution in [3.05, 3.63) is 22.2 Å². The van der Waals surface area contributed by atoms with E-state index in [0.29, 0.717) is 32.2 Å². The molecule has 0 bridgehead atoms. The first kappa shape index (κ1) is 13.7. The average Bonchev–Trinajstić information content (AvgIpc) is 2.47. The summed E-state index contributed by atoms with van der Waals surface area (Å²) in [5.41, 5.74) is 1.14. The molecule has 6 heteroatoms. The number of rotatable bonds is 3. The molecular weight excluding hydrogens is 324 g/mol. The number of amides is 1. The van der Waals surface area contributed by atoms with Crippen LogP contribution in [0.3, 0.4) is 0 Å². The third-order valence-corrected chi connectivity index (χ3v) is 4.11. The van der Waals surface area contributed by atoms with E-state index in [1.807, 2.05) is 12.1 Å². The molecule has 2 heterocycles. The SMILES string of the molecule is O=C1CCC(NCc2cc(Br)c3c(c2)OCCO3)CN1. The Labute approximate surface area is 126 Å². The van der Waals surface area contributed by atoms with E-state index in [2.05, 4.69) is 26.6 Å². The molecule has 1 unspecified atom stereocenters. The highest BCUT2D eigenvalue weighted by Gasteiger charge is 2.19. The van der Waals surface area contributed by atoms with Gasteiger partial charge in [0.25, 0.3) is 0 Å². The highest BCUT2D eigenvalue weighted by Crippen LogP contribution is 2.38. The molecule has 1 amide bonds. The zero-order chi connectivity index (χ0) is 13.9. The Balaban J connectivity index is 1.63. The topological polar surface area (TPSA) is 59.6 Å². The van der Waals surface area contributed by atoms with Gasteiger partial charge >= 0.3 is 0 Å². The number of fused-ring (bicyclic) bond motifs is 1. The standard InChI is InChI=1S/C14H17BrN2O3/c15-11-5-9(6-12-14(11)20-4-3-19-12)7-16-10-1-2-13(18)17-8-10/h5-6,10,16H,1-4,7-8H2,(H,17,18). The molecule has 1 atom stereocenters. The summed E-state index contributed by atoms with van der Waals surface area (Å²) in [4.78, 5) is 11.1. The maximum atomic E-state index is 11.1. The van der Waals surface area contributed by atoms with Crippen molar-refractivity contribution >= 4 is 21.8 Å². The predicted octanol–water partition coefficient (Wildman–Crippen LogP) is 1.59. The minimum absolute atomic E-state index is 0.144. The first-order valence-corrected chi connectivity index (χ1v) is 7.60. The summed E-state index contributed by atoms with van der Waals surface area (Å²) in [5.74, 6) is 1.72. The molecule has 0 aliphatic carbocycles. The van der Waals surface area contributed by atoms with E-state index in [9.17, 15) is 4.79 Å². The summed E-state index contributed by atoms with van der Waals surface area (Å²) in [6, 6.07) is 4.38. The van der Waals surface area contributed by atoms with Crippen LogP contribution in [0, 0.1) is 0 Å². The van der Waals surface area contributed by atoms with Gasteiger partial charge in [-0.25, -0.2) is 0 Å². The van der Waals surface area contributed by atoms with Crippen LogP contribution < -0.4 is 20.1 Å². The number of nitrogens with one attached hydrogen (secondary N) is 2. The molecule has 0 radical (unpaired) electrons. The van der Waals surface area contributed by atoms with Crippen LogP contribution >= 0.6 is 15.9 Å². The van der Waals surface area contributed by atoms with Crippen LogP contribution in [0.25, 0.3) is 0 Å². The van der Waals surface area contributed by atoms with E-state index >= 15 is 0 Å². The van der Waals surface area contributed by atoms with Crippen molar-refractivity contribution < 1.29 is 14.3 Å². The second-order valence-corrected chi connectivity index (χ2v) is 5.88. The van der Waals surface area contributed by atoms with Crippen molar-refractivity contribution in [3.63, 3.8) is 0 Å². The van der Waals surface area contributed by atoms with Gasteiger partial charge in [0.15, 0.2) is 11.5 Å². The molecule has 0 spiro atoms. The number of halogens is 1. The molecular formula is C14H17BrN2O3. The lowest BCUT2D eigenvalue weighted by atomic mass is 10.1. The predicted molar refractivity (Wildman–Crippen MR) is 78.0 cm³/mol. The number of benzene rings is 1. The van der Waals surface area contributed by atoms with E-state index in [4.69, 9.17) is 9.47 Å². The summed E-state index contributed by atoms with van der Waals surface area (Å²) in [7, 11) is 0. The first-order valence-electron chi connectivity index (χ1n) is 6.80. The number of ether oxygens (including phenoxy) is 2. The molecule has 1 aromatic rings. The zero-order valence-electron chi connectivity index (χ0n) is 11.1. The molecule has 0 saturated carbocycles. The van der Waals surface area contributed by atoms with Gasteiger partial charge in [0.2, 0.25) is 5.91 Å². The van der Waals surface area contributed by atoms with Gasteiger partial charge in [0.05, 0.1) is 4.47 Å². The molecule has 20 heavy (non-hydrogen) atoms. The minimum atomic E-state index is 0.144. The summed E-state index contributed by atoms with van der Waals surface area (Å²) < 4.78 is 12.1. The largest absolute Gasteiger partial charge is 0.486 e. The van der Waals surface area contributed by atoms with Gasteiger partial charge in [0, 0.05) is 25.6 Å². The van der Waals surface area contributed by atoms with Crippen LogP contribution in [0.15, 0.2) is 16.6 Å². The van der Waals surface area contributed by atoms with Crippen molar-refractivity contribution in [2.75, 3.05) is 19.8 Å². The smallest absolute Gasteiger partial charge is 0.220 e. The normalized spacial score (nSPS) is 21.4. The van der Waals surface area contributed by atoms with E-state index in [-0.39, 0.29) is 5.91 Å². The molecule has 1 fully saturated rings. The molecule has 1 aromatic carbocycles. The summed E-state index contributed by atoms with van der Waals surface area (Å²) in [5, 5.41) is 6.33. The molecule has 108 valence electrons. The van der Waals surface area contributed by atoms with E-state index < -0.39 is 0 Å². The number of hydrogen-bond acceptors (Lipinski definition) is 4. The first-order chi connectivity index (χ1) is 9.72. The van der Waals surface area contributed by atoms with E-state index in [1.54, 1.807) is 0 Å². The van der Waals surface area contributed by atoms with Gasteiger partial charge in [-0.05, 0) is 40.0 Å². The summed E-state index contributed by atoms with van der Waals surface area (Å²) in [6.07, 6.45) is 1.49. The zero-order valence-corrected chi connectivity index (χ0v) is 12.7. The average molecular weight is 341 g/mol. The molecule has 0 aromatic heterocycles. The summed E-state index contributed by atoms with van der Waals surface area (Å²) >= 11 is 3.52. The second-order valence-electron chi connectivity index (χ2n) is 5.02. The fourth-order valence-electron chi connectivity index (χ4n) is 2.44. The van der Waals surface area contributed by atoms with E-state index in [0.717, 1.165) is 34.5 Å². The Hall–Kier alpha value is -1.27. The molecule has 2 aliphatic rings. The third kappa shape index (κ3) is 3.07. The Morgan fingerprint density at radius 1 is 1.35 bits per heavy atom. The lowest BCUT2D eigenvalue weighted by Gasteiger charge is -2.24. The van der Waals surface area contributed by atoms with Crippen molar-refractivity contribution in [1.29, 1.82) is 0 Å². The number of carbonyl (C=O) groups excluding carboxylic acids is 1. The number of piperidine rings is 1. The van der Waals surface area contributed by atoms with Crippen LogP contribution in [0.5, 0.6) is 11.5 Å². The van der Waals surface area contributed by atoms with Crippen LogP contribution in [0.2, 0.25) is 0 Å². The van der Waals surface area contributed by atoms with Crippen molar-refractivity contribution in [3.8, 4) is 11.5 Å². The number of hydrogen-bond donors (Lipinski definition) is 2. The van der Waals surface area contributed by atoms with Gasteiger partial charge in [-0.1, -0.05) is 0 Å². The van der Waals surface area contributed by atoms with Gasteiger partial charge in [-0.3, -0.25) is 4.79 Å². The van der Waals surface area contributed by atoms with Crippen molar-refractivity contribution in [2.45, 2.75) is 25.4 Å². The maximum Gasteiger partial charge on any atom is 0.220 e. The Morgan fingerprint density at radius 2 is 2.20 bits per heavy atom. The Morgan fingerprint density at radius 3 is 3.00 bits per heavy atom. The molecule has 5 nitrogen and oxygen atoms in total. The van der Waals surface area contributed by atoms with Crippen LogP contribution in [-0.2, 0) is 11.3 Å². The van der Waals surface area contributed by atoms with Crippen molar-refractivity contribution in [1.82, 2.24) is 10.6 Å². The fourth-order valence-corrected chi connectivity index (χ4v) is 3.04. The highest BCUT2D eigenvalue weighted by atomic mass is 79.9. The van der Waals surface area contributed by atoms with Gasteiger partial charge in [-0.15, -0.1) is 0 Å². The van der Waals surface area contributed by atoms with Gasteiger partial charge in [-0.2, -0.15) is 0 Å². The fraction of sp³-hybridized carbons (Fsp3) is 0.500. The van der Waals surface area contributed by atoms with Gasteiger partial charge in [0.1, 0.15) is 13.2 Å². The molecule has 1 saturated heterocycles. The Bertz CT molecular complexity index is 511. The van der Waals surface area contributed by atoms with Crippen molar-refractivity contribution in [2.24, 2.45) is 0 Å². The Kier molecular flexibility index (Phi) is 4.12. The molecule has 3 rings (SSSR count).